The minimum Gasteiger partial charge on any atom is -0.339 e. The number of hydrogen-bond donors (Lipinski definition) is 0. The molecule has 0 radical (unpaired) electrons. The van der Waals surface area contributed by atoms with Crippen molar-refractivity contribution in [3.8, 4) is 0 Å². The molecule has 1 aliphatic heterocycles. The number of ketones is 1. The number of carbonyl (C=O) groups is 3. The Morgan fingerprint density at radius 3 is 1.81 bits per heavy atom. The highest BCUT2D eigenvalue weighted by atomic mass is 16.2. The fraction of sp³-hybridized carbons (Fsp3) is 0.667. The average Bonchev–Trinajstić information content (AvgIpc) is 2.76. The molecule has 0 spiro atoms. The van der Waals surface area contributed by atoms with Gasteiger partial charge in [-0.3, -0.25) is 14.4 Å². The fourth-order valence-electron chi connectivity index (χ4n) is 7.41. The molecule has 1 aromatic carbocycles. The molecule has 5 fully saturated rings. The van der Waals surface area contributed by atoms with E-state index in [0.717, 1.165) is 29.7 Å². The quantitative estimate of drug-likeness (QED) is 0.627. The van der Waals surface area contributed by atoms with Gasteiger partial charge in [0.25, 0.3) is 0 Å². The number of Topliss-reactive ketones (excluding diaryl/α,β-unsaturated/α-hetero) is 1. The van der Waals surface area contributed by atoms with Crippen LogP contribution in [0.1, 0.15) is 73.7 Å². The lowest BCUT2D eigenvalue weighted by Gasteiger charge is -2.57. The molecular weight excluding hydrogens is 400 g/mol. The zero-order valence-electron chi connectivity index (χ0n) is 19.4. The number of amides is 2. The van der Waals surface area contributed by atoms with E-state index >= 15 is 0 Å². The summed E-state index contributed by atoms with van der Waals surface area (Å²) in [6, 6.07) is 7.51. The van der Waals surface area contributed by atoms with Crippen molar-refractivity contribution < 1.29 is 14.4 Å². The maximum Gasteiger partial charge on any atom is 0.223 e. The number of nitrogens with zero attached hydrogens (tertiary/aromatic N) is 2. The Labute approximate surface area is 191 Å². The number of aryl methyl sites for hydroxylation is 1. The van der Waals surface area contributed by atoms with Gasteiger partial charge >= 0.3 is 0 Å². The van der Waals surface area contributed by atoms with E-state index in [1.54, 1.807) is 0 Å². The largest absolute Gasteiger partial charge is 0.339 e. The molecule has 172 valence electrons. The monoisotopic (exact) mass is 436 g/mol. The van der Waals surface area contributed by atoms with Crippen molar-refractivity contribution >= 4 is 17.6 Å². The molecule has 1 heterocycles. The molecule has 0 aromatic heterocycles. The first-order chi connectivity index (χ1) is 15.4. The zero-order chi connectivity index (χ0) is 22.3. The topological polar surface area (TPSA) is 57.7 Å². The molecule has 4 saturated carbocycles. The number of carbonyl (C=O) groups excluding carboxylic acids is 3. The molecular formula is C27H36N2O3. The smallest absolute Gasteiger partial charge is 0.223 e. The van der Waals surface area contributed by atoms with Crippen molar-refractivity contribution in [2.24, 2.45) is 23.2 Å². The van der Waals surface area contributed by atoms with Crippen molar-refractivity contribution in [2.45, 2.75) is 64.7 Å². The number of benzene rings is 1. The van der Waals surface area contributed by atoms with E-state index < -0.39 is 0 Å². The van der Waals surface area contributed by atoms with Crippen molar-refractivity contribution in [1.29, 1.82) is 0 Å². The van der Waals surface area contributed by atoms with Crippen LogP contribution in [-0.4, -0.2) is 53.6 Å². The summed E-state index contributed by atoms with van der Waals surface area (Å²) in [5, 5.41) is 0. The lowest BCUT2D eigenvalue weighted by molar-refractivity contribution is -0.144. The van der Waals surface area contributed by atoms with Crippen LogP contribution in [0.3, 0.4) is 0 Å². The summed E-state index contributed by atoms with van der Waals surface area (Å²) in [5.41, 5.74) is 2.06. The Morgan fingerprint density at radius 2 is 1.28 bits per heavy atom. The van der Waals surface area contributed by atoms with Crippen LogP contribution in [0.4, 0.5) is 0 Å². The van der Waals surface area contributed by atoms with Crippen LogP contribution in [0, 0.1) is 30.1 Å². The van der Waals surface area contributed by atoms with Crippen LogP contribution in [0.25, 0.3) is 0 Å². The fourth-order valence-corrected chi connectivity index (χ4v) is 7.41. The maximum absolute atomic E-state index is 13.1. The van der Waals surface area contributed by atoms with Crippen LogP contribution in [0.2, 0.25) is 0 Å². The molecule has 0 unspecified atom stereocenters. The first-order valence-electron chi connectivity index (χ1n) is 12.5. The van der Waals surface area contributed by atoms with E-state index in [4.69, 9.17) is 0 Å². The van der Waals surface area contributed by atoms with E-state index in [1.807, 2.05) is 41.0 Å². The molecule has 5 nitrogen and oxygen atoms in total. The van der Waals surface area contributed by atoms with Gasteiger partial charge in [-0.2, -0.15) is 0 Å². The molecule has 5 aliphatic rings. The SMILES string of the molecule is Cc1ccc(C(=O)CCC(=O)N2CCN(C(=O)CC34CC5CC(CC(C5)C3)C4)CC2)cc1. The third-order valence-electron chi connectivity index (χ3n) is 8.62. The Balaban J connectivity index is 1.08. The maximum atomic E-state index is 13.1. The van der Waals surface area contributed by atoms with Gasteiger partial charge in [-0.25, -0.2) is 0 Å². The van der Waals surface area contributed by atoms with Gasteiger partial charge < -0.3 is 9.80 Å². The Bertz CT molecular complexity index is 847. The summed E-state index contributed by atoms with van der Waals surface area (Å²) in [5.74, 6) is 2.94. The number of piperazine rings is 1. The van der Waals surface area contributed by atoms with Crippen molar-refractivity contribution in [1.82, 2.24) is 9.80 Å². The molecule has 2 amide bonds. The van der Waals surface area contributed by atoms with Crippen LogP contribution < -0.4 is 0 Å². The summed E-state index contributed by atoms with van der Waals surface area (Å²) in [6.07, 6.45) is 9.20. The van der Waals surface area contributed by atoms with Crippen LogP contribution in [0.15, 0.2) is 24.3 Å². The third kappa shape index (κ3) is 4.49. The molecule has 6 rings (SSSR count). The van der Waals surface area contributed by atoms with Gasteiger partial charge in [0.15, 0.2) is 5.78 Å². The van der Waals surface area contributed by atoms with Crippen molar-refractivity contribution in [3.05, 3.63) is 35.4 Å². The highest BCUT2D eigenvalue weighted by Crippen LogP contribution is 2.61. The lowest BCUT2D eigenvalue weighted by Crippen LogP contribution is -2.53. The molecule has 4 aliphatic carbocycles. The predicted molar refractivity (Wildman–Crippen MR) is 123 cm³/mol. The van der Waals surface area contributed by atoms with E-state index in [2.05, 4.69) is 0 Å². The second kappa shape index (κ2) is 8.64. The number of hydrogen-bond acceptors (Lipinski definition) is 3. The normalized spacial score (nSPS) is 31.1. The average molecular weight is 437 g/mol. The second-order valence-corrected chi connectivity index (χ2v) is 11.1. The van der Waals surface area contributed by atoms with E-state index in [1.165, 1.54) is 38.5 Å². The van der Waals surface area contributed by atoms with Crippen molar-refractivity contribution in [2.75, 3.05) is 26.2 Å². The van der Waals surface area contributed by atoms with Gasteiger partial charge in [0.2, 0.25) is 11.8 Å². The van der Waals surface area contributed by atoms with Crippen LogP contribution in [-0.2, 0) is 9.59 Å². The predicted octanol–water partition coefficient (Wildman–Crippen LogP) is 4.24. The summed E-state index contributed by atoms with van der Waals surface area (Å²) in [4.78, 5) is 41.9. The van der Waals surface area contributed by atoms with Crippen molar-refractivity contribution in [3.63, 3.8) is 0 Å². The molecule has 4 bridgehead atoms. The van der Waals surface area contributed by atoms with E-state index in [-0.39, 0.29) is 29.9 Å². The first kappa shape index (κ1) is 21.7. The molecule has 0 atom stereocenters. The Hall–Kier alpha value is -2.17. The van der Waals surface area contributed by atoms with Gasteiger partial charge in [0, 0.05) is 51.0 Å². The second-order valence-electron chi connectivity index (χ2n) is 11.1. The summed E-state index contributed by atoms with van der Waals surface area (Å²) < 4.78 is 0. The zero-order valence-corrected chi connectivity index (χ0v) is 19.4. The molecule has 0 N–H and O–H groups in total. The summed E-state index contributed by atoms with van der Waals surface area (Å²) >= 11 is 0. The van der Waals surface area contributed by atoms with Gasteiger partial charge in [-0.05, 0) is 68.6 Å². The van der Waals surface area contributed by atoms with Crippen LogP contribution >= 0.6 is 0 Å². The third-order valence-corrected chi connectivity index (χ3v) is 8.62. The summed E-state index contributed by atoms with van der Waals surface area (Å²) in [6.45, 7) is 4.42. The minimum atomic E-state index is 0.0164. The Morgan fingerprint density at radius 1 is 0.781 bits per heavy atom. The minimum absolute atomic E-state index is 0.0164. The van der Waals surface area contributed by atoms with E-state index in [0.29, 0.717) is 37.6 Å². The van der Waals surface area contributed by atoms with E-state index in [9.17, 15) is 14.4 Å². The van der Waals surface area contributed by atoms with Crippen LogP contribution in [0.5, 0.6) is 0 Å². The lowest BCUT2D eigenvalue weighted by atomic mass is 9.49. The van der Waals surface area contributed by atoms with Gasteiger partial charge in [-0.15, -0.1) is 0 Å². The van der Waals surface area contributed by atoms with Gasteiger partial charge in [0.1, 0.15) is 0 Å². The standard InChI is InChI=1S/C27H36N2O3/c1-19-2-4-23(5-3-19)24(30)6-7-25(31)28-8-10-29(11-9-28)26(32)18-27-15-20-12-21(16-27)14-22(13-20)17-27/h2-5,20-22H,6-18H2,1H3. The molecule has 32 heavy (non-hydrogen) atoms. The molecule has 1 aromatic rings. The highest BCUT2D eigenvalue weighted by Gasteiger charge is 2.51. The van der Waals surface area contributed by atoms with Gasteiger partial charge in [-0.1, -0.05) is 29.8 Å². The highest BCUT2D eigenvalue weighted by molar-refractivity contribution is 5.98. The number of rotatable bonds is 6. The Kier molecular flexibility index (Phi) is 5.85. The van der Waals surface area contributed by atoms with Gasteiger partial charge in [0.05, 0.1) is 0 Å². The molecule has 5 heteroatoms. The molecule has 1 saturated heterocycles. The summed E-state index contributed by atoms with van der Waals surface area (Å²) in [7, 11) is 0. The first-order valence-corrected chi connectivity index (χ1v) is 12.5.